The first-order valence-electron chi connectivity index (χ1n) is 6.26. The maximum absolute atomic E-state index is 8.65. The molecule has 16 heavy (non-hydrogen) atoms. The van der Waals surface area contributed by atoms with Crippen LogP contribution in [0.2, 0.25) is 0 Å². The van der Waals surface area contributed by atoms with E-state index in [1.807, 2.05) is 0 Å². The quantitative estimate of drug-likeness (QED) is 0.718. The first-order valence-corrected chi connectivity index (χ1v) is 6.26. The lowest BCUT2D eigenvalue weighted by molar-refractivity contribution is 0.286. The lowest BCUT2D eigenvalue weighted by Gasteiger charge is -2.08. The van der Waals surface area contributed by atoms with Crippen molar-refractivity contribution >= 4 is 0 Å². The highest BCUT2D eigenvalue weighted by atomic mass is 16.3. The van der Waals surface area contributed by atoms with E-state index in [9.17, 15) is 0 Å². The molecular formula is C12H21N3O. The summed E-state index contributed by atoms with van der Waals surface area (Å²) in [6.07, 6.45) is 8.14. The van der Waals surface area contributed by atoms with Crippen LogP contribution < -0.4 is 5.32 Å². The van der Waals surface area contributed by atoms with Crippen molar-refractivity contribution in [3.05, 3.63) is 18.0 Å². The van der Waals surface area contributed by atoms with Crippen molar-refractivity contribution in [3.8, 4) is 0 Å². The average molecular weight is 223 g/mol. The van der Waals surface area contributed by atoms with Crippen LogP contribution >= 0.6 is 0 Å². The summed E-state index contributed by atoms with van der Waals surface area (Å²) in [4.78, 5) is 0. The SMILES string of the molecule is OCCCNCc1ccn(C2CCCC2)n1. The Morgan fingerprint density at radius 2 is 2.25 bits per heavy atom. The van der Waals surface area contributed by atoms with E-state index >= 15 is 0 Å². The normalized spacial score (nSPS) is 17.1. The highest BCUT2D eigenvalue weighted by Crippen LogP contribution is 2.28. The molecule has 1 fully saturated rings. The number of aromatic nitrogens is 2. The van der Waals surface area contributed by atoms with Gasteiger partial charge in [0.05, 0.1) is 11.7 Å². The molecule has 0 amide bonds. The van der Waals surface area contributed by atoms with Crippen molar-refractivity contribution in [2.75, 3.05) is 13.2 Å². The van der Waals surface area contributed by atoms with Crippen LogP contribution in [0.3, 0.4) is 0 Å². The van der Waals surface area contributed by atoms with E-state index < -0.39 is 0 Å². The Labute approximate surface area is 96.7 Å². The lowest BCUT2D eigenvalue weighted by atomic mass is 10.3. The predicted molar refractivity (Wildman–Crippen MR) is 63.1 cm³/mol. The van der Waals surface area contributed by atoms with Crippen molar-refractivity contribution in [2.45, 2.75) is 44.7 Å². The van der Waals surface area contributed by atoms with Crippen molar-refractivity contribution in [1.29, 1.82) is 0 Å². The van der Waals surface area contributed by atoms with Gasteiger partial charge in [-0.15, -0.1) is 0 Å². The Kier molecular flexibility index (Phi) is 4.36. The maximum atomic E-state index is 8.65. The van der Waals surface area contributed by atoms with Crippen LogP contribution in [0.15, 0.2) is 12.3 Å². The molecule has 0 aliphatic heterocycles. The van der Waals surface area contributed by atoms with Crippen molar-refractivity contribution < 1.29 is 5.11 Å². The average Bonchev–Trinajstić information content (AvgIpc) is 2.94. The molecule has 0 unspecified atom stereocenters. The molecular weight excluding hydrogens is 202 g/mol. The van der Waals surface area contributed by atoms with Gasteiger partial charge in [0.1, 0.15) is 0 Å². The van der Waals surface area contributed by atoms with Crippen LogP contribution in [0, 0.1) is 0 Å². The van der Waals surface area contributed by atoms with Gasteiger partial charge < -0.3 is 10.4 Å². The molecule has 1 aromatic rings. The smallest absolute Gasteiger partial charge is 0.0762 e. The van der Waals surface area contributed by atoms with Crippen LogP contribution in [0.1, 0.15) is 43.8 Å². The van der Waals surface area contributed by atoms with E-state index in [0.29, 0.717) is 6.04 Å². The molecule has 0 bridgehead atoms. The largest absolute Gasteiger partial charge is 0.396 e. The minimum atomic E-state index is 0.253. The van der Waals surface area contributed by atoms with Crippen molar-refractivity contribution in [3.63, 3.8) is 0 Å². The minimum absolute atomic E-state index is 0.253. The molecule has 0 saturated heterocycles. The van der Waals surface area contributed by atoms with Gasteiger partial charge in [-0.25, -0.2) is 0 Å². The van der Waals surface area contributed by atoms with Gasteiger partial charge in [0.15, 0.2) is 0 Å². The standard InChI is InChI=1S/C12H21N3O/c16-9-3-7-13-10-11-6-8-15(14-11)12-4-1-2-5-12/h6,8,12-13,16H,1-5,7,9-10H2. The van der Waals surface area contributed by atoms with Gasteiger partial charge in [0.2, 0.25) is 0 Å². The molecule has 0 radical (unpaired) electrons. The number of hydrogen-bond acceptors (Lipinski definition) is 3. The zero-order valence-electron chi connectivity index (χ0n) is 9.73. The monoisotopic (exact) mass is 223 g/mol. The Balaban J connectivity index is 1.77. The molecule has 2 rings (SSSR count). The molecule has 1 heterocycles. The molecule has 1 aromatic heterocycles. The number of rotatable bonds is 6. The number of aliphatic hydroxyl groups is 1. The fourth-order valence-electron chi connectivity index (χ4n) is 2.26. The third kappa shape index (κ3) is 3.06. The second kappa shape index (κ2) is 6.01. The third-order valence-corrected chi connectivity index (χ3v) is 3.18. The van der Waals surface area contributed by atoms with E-state index in [0.717, 1.165) is 25.2 Å². The van der Waals surface area contributed by atoms with Gasteiger partial charge in [-0.1, -0.05) is 12.8 Å². The summed E-state index contributed by atoms with van der Waals surface area (Å²) in [6.45, 7) is 1.91. The van der Waals surface area contributed by atoms with Crippen molar-refractivity contribution in [1.82, 2.24) is 15.1 Å². The number of aliphatic hydroxyl groups excluding tert-OH is 1. The molecule has 0 atom stereocenters. The summed E-state index contributed by atoms with van der Waals surface area (Å²) >= 11 is 0. The minimum Gasteiger partial charge on any atom is -0.396 e. The van der Waals surface area contributed by atoms with E-state index in [2.05, 4.69) is 27.4 Å². The Bertz CT molecular complexity index is 305. The van der Waals surface area contributed by atoms with Crippen LogP contribution in [0.4, 0.5) is 0 Å². The fraction of sp³-hybridized carbons (Fsp3) is 0.750. The van der Waals surface area contributed by atoms with E-state index in [1.165, 1.54) is 25.7 Å². The highest BCUT2D eigenvalue weighted by molar-refractivity contribution is 4.99. The summed E-state index contributed by atoms with van der Waals surface area (Å²) < 4.78 is 2.12. The van der Waals surface area contributed by atoms with Crippen LogP contribution in [-0.4, -0.2) is 28.0 Å². The van der Waals surface area contributed by atoms with Gasteiger partial charge in [-0.2, -0.15) is 5.10 Å². The summed E-state index contributed by atoms with van der Waals surface area (Å²) in [7, 11) is 0. The molecule has 90 valence electrons. The van der Waals surface area contributed by atoms with Crippen LogP contribution in [0.25, 0.3) is 0 Å². The van der Waals surface area contributed by atoms with Gasteiger partial charge in [0.25, 0.3) is 0 Å². The summed E-state index contributed by atoms with van der Waals surface area (Å²) in [5.41, 5.74) is 1.10. The Morgan fingerprint density at radius 1 is 1.44 bits per heavy atom. The number of hydrogen-bond donors (Lipinski definition) is 2. The summed E-state index contributed by atoms with van der Waals surface area (Å²) in [5.74, 6) is 0. The maximum Gasteiger partial charge on any atom is 0.0762 e. The summed E-state index contributed by atoms with van der Waals surface area (Å²) in [6, 6.07) is 2.72. The topological polar surface area (TPSA) is 50.1 Å². The molecule has 1 saturated carbocycles. The number of nitrogens with zero attached hydrogens (tertiary/aromatic N) is 2. The molecule has 4 heteroatoms. The van der Waals surface area contributed by atoms with Crippen LogP contribution in [-0.2, 0) is 6.54 Å². The molecule has 1 aliphatic rings. The summed E-state index contributed by atoms with van der Waals surface area (Å²) in [5, 5.41) is 16.5. The zero-order chi connectivity index (χ0) is 11.2. The molecule has 0 aromatic carbocycles. The lowest BCUT2D eigenvalue weighted by Crippen LogP contribution is -2.16. The second-order valence-corrected chi connectivity index (χ2v) is 4.48. The predicted octanol–water partition coefficient (Wildman–Crippen LogP) is 1.47. The van der Waals surface area contributed by atoms with Gasteiger partial charge in [-0.05, 0) is 31.9 Å². The van der Waals surface area contributed by atoms with Crippen LogP contribution in [0.5, 0.6) is 0 Å². The van der Waals surface area contributed by atoms with Gasteiger partial charge >= 0.3 is 0 Å². The van der Waals surface area contributed by atoms with E-state index in [-0.39, 0.29) is 6.61 Å². The zero-order valence-corrected chi connectivity index (χ0v) is 9.73. The van der Waals surface area contributed by atoms with Crippen molar-refractivity contribution in [2.24, 2.45) is 0 Å². The van der Waals surface area contributed by atoms with Gasteiger partial charge in [-0.3, -0.25) is 4.68 Å². The second-order valence-electron chi connectivity index (χ2n) is 4.48. The van der Waals surface area contributed by atoms with Gasteiger partial charge in [0, 0.05) is 19.3 Å². The van der Waals surface area contributed by atoms with E-state index in [1.54, 1.807) is 0 Å². The fourth-order valence-corrected chi connectivity index (χ4v) is 2.26. The first kappa shape index (κ1) is 11.6. The molecule has 2 N–H and O–H groups in total. The van der Waals surface area contributed by atoms with E-state index in [4.69, 9.17) is 5.11 Å². The molecule has 4 nitrogen and oxygen atoms in total. The first-order chi connectivity index (χ1) is 7.90. The Hall–Kier alpha value is -0.870. The third-order valence-electron chi connectivity index (χ3n) is 3.18. The number of nitrogens with one attached hydrogen (secondary N) is 1. The molecule has 0 spiro atoms. The Morgan fingerprint density at radius 3 is 3.00 bits per heavy atom. The molecule has 1 aliphatic carbocycles. The highest BCUT2D eigenvalue weighted by Gasteiger charge is 2.17.